The molecule has 0 saturated carbocycles. The number of carboxylic acid groups (broad SMARTS) is 1. The van der Waals surface area contributed by atoms with Gasteiger partial charge in [0, 0.05) is 23.2 Å². The van der Waals surface area contributed by atoms with Gasteiger partial charge < -0.3 is 14.8 Å². The summed E-state index contributed by atoms with van der Waals surface area (Å²) in [7, 11) is 0. The number of nitrogens with zero attached hydrogens (tertiary/aromatic N) is 1. The van der Waals surface area contributed by atoms with Crippen molar-refractivity contribution in [2.24, 2.45) is 0 Å². The van der Waals surface area contributed by atoms with Crippen LogP contribution in [0.5, 0.6) is 0 Å². The highest BCUT2D eigenvalue weighted by molar-refractivity contribution is 6.04. The molecule has 1 amide bonds. The zero-order valence-corrected chi connectivity index (χ0v) is 11.3. The summed E-state index contributed by atoms with van der Waals surface area (Å²) in [5.41, 5.74) is 0.195. The predicted octanol–water partition coefficient (Wildman–Crippen LogP) is 1.45. The summed E-state index contributed by atoms with van der Waals surface area (Å²) < 4.78 is 0. The number of rotatable bonds is 2. The minimum atomic E-state index is -1.30. The zero-order valence-electron chi connectivity index (χ0n) is 11.3. The van der Waals surface area contributed by atoms with Gasteiger partial charge in [-0.2, -0.15) is 0 Å². The van der Waals surface area contributed by atoms with Gasteiger partial charge in [0.15, 0.2) is 0 Å². The molecule has 1 aliphatic rings. The van der Waals surface area contributed by atoms with Gasteiger partial charge in [0.2, 0.25) is 0 Å². The van der Waals surface area contributed by atoms with Crippen LogP contribution in [0.15, 0.2) is 24.3 Å². The fourth-order valence-electron chi connectivity index (χ4n) is 2.81. The summed E-state index contributed by atoms with van der Waals surface area (Å²) in [6, 6.07) is 6.55. The summed E-state index contributed by atoms with van der Waals surface area (Å²) in [5, 5.41) is 11.1. The van der Waals surface area contributed by atoms with Crippen LogP contribution in [0.4, 0.5) is 0 Å². The Balaban J connectivity index is 2.36. The van der Waals surface area contributed by atoms with Crippen LogP contribution in [0.3, 0.4) is 0 Å². The number of hydrogen-bond donors (Lipinski definition) is 0. The molecule has 1 saturated heterocycles. The number of carbonyl (C=O) groups is 2. The molecule has 4 heteroatoms. The zero-order chi connectivity index (χ0) is 14.0. The first kappa shape index (κ1) is 13.6. The van der Waals surface area contributed by atoms with Crippen LogP contribution in [0, 0.1) is 0 Å². The van der Waals surface area contributed by atoms with Crippen LogP contribution < -0.4 is 5.11 Å². The van der Waals surface area contributed by atoms with Crippen LogP contribution in [0.1, 0.15) is 53.8 Å². The Morgan fingerprint density at radius 3 is 2.16 bits per heavy atom. The molecule has 1 aromatic carbocycles. The van der Waals surface area contributed by atoms with Gasteiger partial charge in [-0.3, -0.25) is 4.79 Å². The van der Waals surface area contributed by atoms with Gasteiger partial charge in [-0.15, -0.1) is 0 Å². The van der Waals surface area contributed by atoms with Crippen molar-refractivity contribution in [3.8, 4) is 0 Å². The Kier molecular flexibility index (Phi) is 3.88. The van der Waals surface area contributed by atoms with Gasteiger partial charge in [0.25, 0.3) is 5.91 Å². The third kappa shape index (κ3) is 2.62. The third-order valence-electron chi connectivity index (χ3n) is 3.81. The number of aromatic carboxylic acids is 1. The van der Waals surface area contributed by atoms with Crippen molar-refractivity contribution >= 4 is 11.9 Å². The minimum Gasteiger partial charge on any atom is -0.545 e. The third-order valence-corrected chi connectivity index (χ3v) is 3.81. The molecular formula is C15H18NO3-. The lowest BCUT2D eigenvalue weighted by Gasteiger charge is -2.39. The van der Waals surface area contributed by atoms with Crippen molar-refractivity contribution in [2.75, 3.05) is 0 Å². The van der Waals surface area contributed by atoms with E-state index in [2.05, 4.69) is 0 Å². The molecule has 1 fully saturated rings. The molecule has 0 aromatic heterocycles. The standard InChI is InChI=1S/C15H19NO3/c1-10-6-5-7-11(2)16(10)14(17)12-8-3-4-9-13(12)15(18)19/h3-4,8-11H,5-7H2,1-2H3,(H,18,19)/p-1/t10-,11-/m1/s1. The van der Waals surface area contributed by atoms with Crippen molar-refractivity contribution in [2.45, 2.75) is 45.2 Å². The van der Waals surface area contributed by atoms with Gasteiger partial charge in [0.1, 0.15) is 0 Å². The molecule has 4 nitrogen and oxygen atoms in total. The van der Waals surface area contributed by atoms with Crippen LogP contribution >= 0.6 is 0 Å². The van der Waals surface area contributed by atoms with Crippen LogP contribution in [0.25, 0.3) is 0 Å². The lowest BCUT2D eigenvalue weighted by Crippen LogP contribution is -2.48. The van der Waals surface area contributed by atoms with Crippen LogP contribution in [-0.2, 0) is 0 Å². The smallest absolute Gasteiger partial charge is 0.255 e. The number of carbonyl (C=O) groups excluding carboxylic acids is 2. The molecule has 0 spiro atoms. The number of hydrogen-bond acceptors (Lipinski definition) is 3. The molecule has 19 heavy (non-hydrogen) atoms. The maximum absolute atomic E-state index is 12.6. The Morgan fingerprint density at radius 2 is 1.63 bits per heavy atom. The minimum absolute atomic E-state index is 0.0301. The first-order chi connectivity index (χ1) is 9.02. The first-order valence-corrected chi connectivity index (χ1v) is 6.65. The van der Waals surface area contributed by atoms with Crippen molar-refractivity contribution in [3.05, 3.63) is 35.4 Å². The molecule has 0 bridgehead atoms. The maximum Gasteiger partial charge on any atom is 0.255 e. The van der Waals surface area contributed by atoms with Gasteiger partial charge in [0.05, 0.1) is 5.97 Å². The Hall–Kier alpha value is -1.84. The average Bonchev–Trinajstić information content (AvgIpc) is 2.38. The van der Waals surface area contributed by atoms with E-state index in [-0.39, 0.29) is 29.1 Å². The second-order valence-corrected chi connectivity index (χ2v) is 5.17. The van der Waals surface area contributed by atoms with Crippen molar-refractivity contribution < 1.29 is 14.7 Å². The highest BCUT2D eigenvalue weighted by Gasteiger charge is 2.30. The molecule has 102 valence electrons. The normalized spacial score (nSPS) is 23.2. The van der Waals surface area contributed by atoms with E-state index >= 15 is 0 Å². The molecule has 0 N–H and O–H groups in total. The molecule has 2 rings (SSSR count). The second kappa shape index (κ2) is 5.43. The predicted molar refractivity (Wildman–Crippen MR) is 69.7 cm³/mol. The average molecular weight is 260 g/mol. The highest BCUT2D eigenvalue weighted by atomic mass is 16.4. The molecule has 0 aliphatic carbocycles. The van der Waals surface area contributed by atoms with E-state index in [1.165, 1.54) is 6.07 Å². The summed E-state index contributed by atoms with van der Waals surface area (Å²) in [6.45, 7) is 4.02. The summed E-state index contributed by atoms with van der Waals surface area (Å²) >= 11 is 0. The highest BCUT2D eigenvalue weighted by Crippen LogP contribution is 2.25. The molecule has 1 heterocycles. The topological polar surface area (TPSA) is 60.4 Å². The lowest BCUT2D eigenvalue weighted by atomic mass is 9.95. The number of piperidine rings is 1. The van der Waals surface area contributed by atoms with Crippen LogP contribution in [-0.4, -0.2) is 28.9 Å². The van der Waals surface area contributed by atoms with Crippen LogP contribution in [0.2, 0.25) is 0 Å². The molecular weight excluding hydrogens is 242 g/mol. The Bertz CT molecular complexity index is 488. The van der Waals surface area contributed by atoms with Crippen molar-refractivity contribution in [1.82, 2.24) is 4.90 Å². The van der Waals surface area contributed by atoms with Crippen molar-refractivity contribution in [3.63, 3.8) is 0 Å². The fraction of sp³-hybridized carbons (Fsp3) is 0.467. The largest absolute Gasteiger partial charge is 0.545 e. The van der Waals surface area contributed by atoms with E-state index in [0.29, 0.717) is 0 Å². The molecule has 0 radical (unpaired) electrons. The van der Waals surface area contributed by atoms with Gasteiger partial charge >= 0.3 is 0 Å². The Labute approximate surface area is 113 Å². The maximum atomic E-state index is 12.6. The van der Waals surface area contributed by atoms with Gasteiger partial charge in [-0.05, 0) is 39.2 Å². The SMILES string of the molecule is C[C@@H]1CCC[C@@H](C)N1C(=O)c1ccccc1C(=O)[O-]. The van der Waals surface area contributed by atoms with Gasteiger partial charge in [-0.1, -0.05) is 18.2 Å². The first-order valence-electron chi connectivity index (χ1n) is 6.65. The molecule has 0 unspecified atom stereocenters. The monoisotopic (exact) mass is 260 g/mol. The van der Waals surface area contributed by atoms with Gasteiger partial charge in [-0.25, -0.2) is 0 Å². The number of likely N-dealkylation sites (tertiary alicyclic amines) is 1. The van der Waals surface area contributed by atoms with Crippen molar-refractivity contribution in [1.29, 1.82) is 0 Å². The second-order valence-electron chi connectivity index (χ2n) is 5.17. The fourth-order valence-corrected chi connectivity index (χ4v) is 2.81. The van der Waals surface area contributed by atoms with E-state index in [1.54, 1.807) is 23.1 Å². The number of benzene rings is 1. The summed E-state index contributed by atoms with van der Waals surface area (Å²) in [6.07, 6.45) is 3.03. The summed E-state index contributed by atoms with van der Waals surface area (Å²) in [4.78, 5) is 25.5. The van der Waals surface area contributed by atoms with E-state index in [1.807, 2.05) is 13.8 Å². The van der Waals surface area contributed by atoms with E-state index in [0.717, 1.165) is 19.3 Å². The Morgan fingerprint density at radius 1 is 1.11 bits per heavy atom. The molecule has 1 aliphatic heterocycles. The number of amides is 1. The van der Waals surface area contributed by atoms with E-state index < -0.39 is 5.97 Å². The lowest BCUT2D eigenvalue weighted by molar-refractivity contribution is -0.255. The van der Waals surface area contributed by atoms with E-state index in [4.69, 9.17) is 0 Å². The molecule has 2 atom stereocenters. The van der Waals surface area contributed by atoms with E-state index in [9.17, 15) is 14.7 Å². The summed E-state index contributed by atoms with van der Waals surface area (Å²) in [5.74, 6) is -1.51. The number of carboxylic acids is 1. The molecule has 1 aromatic rings. The quantitative estimate of drug-likeness (QED) is 0.808.